The highest BCUT2D eigenvalue weighted by Crippen LogP contribution is 2.34. The van der Waals surface area contributed by atoms with Gasteiger partial charge in [-0.05, 0) is 43.2 Å². The van der Waals surface area contributed by atoms with Crippen LogP contribution in [-0.4, -0.2) is 8.42 Å². The monoisotopic (exact) mass is 347 g/mol. The van der Waals surface area contributed by atoms with Gasteiger partial charge in [0, 0.05) is 5.02 Å². The van der Waals surface area contributed by atoms with Gasteiger partial charge < -0.3 is 0 Å². The third-order valence-electron chi connectivity index (χ3n) is 2.97. The molecule has 0 radical (unpaired) electrons. The van der Waals surface area contributed by atoms with E-state index in [0.29, 0.717) is 11.1 Å². The Bertz CT molecular complexity index is 781. The number of benzene rings is 2. The van der Waals surface area contributed by atoms with Crippen LogP contribution in [0, 0.1) is 19.7 Å². The van der Waals surface area contributed by atoms with E-state index in [9.17, 15) is 12.8 Å². The van der Waals surface area contributed by atoms with Crippen LogP contribution in [0.4, 0.5) is 10.1 Å². The molecule has 0 spiro atoms. The van der Waals surface area contributed by atoms with E-state index >= 15 is 0 Å². The molecule has 2 aromatic carbocycles. The van der Waals surface area contributed by atoms with Crippen molar-refractivity contribution in [2.24, 2.45) is 0 Å². The molecule has 21 heavy (non-hydrogen) atoms. The van der Waals surface area contributed by atoms with E-state index in [0.717, 1.165) is 6.07 Å². The third kappa shape index (κ3) is 3.15. The Balaban J connectivity index is 2.58. The van der Waals surface area contributed by atoms with E-state index in [2.05, 4.69) is 4.72 Å². The summed E-state index contributed by atoms with van der Waals surface area (Å²) in [6, 6.07) is 7.07. The average Bonchev–Trinajstić information content (AvgIpc) is 2.39. The van der Waals surface area contributed by atoms with E-state index in [1.165, 1.54) is 18.2 Å². The first-order valence-corrected chi connectivity index (χ1v) is 8.20. The van der Waals surface area contributed by atoms with Crippen LogP contribution in [0.5, 0.6) is 0 Å². The highest BCUT2D eigenvalue weighted by molar-refractivity contribution is 7.93. The molecular formula is C14H12Cl2FNO2S. The predicted octanol–water partition coefficient (Wildman–Crippen LogP) is 4.55. The molecule has 0 amide bonds. The number of anilines is 1. The van der Waals surface area contributed by atoms with Crippen LogP contribution in [0.1, 0.15) is 11.1 Å². The summed E-state index contributed by atoms with van der Waals surface area (Å²) in [6.45, 7) is 3.19. The first kappa shape index (κ1) is 16.1. The summed E-state index contributed by atoms with van der Waals surface area (Å²) in [5.74, 6) is -0.673. The minimum atomic E-state index is -4.05. The summed E-state index contributed by atoms with van der Waals surface area (Å²) in [4.78, 5) is -0.141. The fourth-order valence-corrected chi connectivity index (χ4v) is 4.16. The van der Waals surface area contributed by atoms with E-state index in [-0.39, 0.29) is 20.6 Å². The number of sulfonamides is 1. The van der Waals surface area contributed by atoms with Gasteiger partial charge in [-0.15, -0.1) is 0 Å². The molecular weight excluding hydrogens is 336 g/mol. The lowest BCUT2D eigenvalue weighted by Crippen LogP contribution is -2.16. The second-order valence-corrected chi connectivity index (χ2v) is 6.93. The molecule has 1 N–H and O–H groups in total. The molecule has 0 aliphatic rings. The number of rotatable bonds is 3. The van der Waals surface area contributed by atoms with Gasteiger partial charge in [-0.2, -0.15) is 0 Å². The van der Waals surface area contributed by atoms with Gasteiger partial charge in [-0.25, -0.2) is 12.8 Å². The zero-order valence-electron chi connectivity index (χ0n) is 11.2. The molecule has 2 rings (SSSR count). The van der Waals surface area contributed by atoms with Crippen molar-refractivity contribution in [3.8, 4) is 0 Å². The lowest BCUT2D eigenvalue weighted by Gasteiger charge is -2.15. The van der Waals surface area contributed by atoms with Crippen molar-refractivity contribution in [1.29, 1.82) is 0 Å². The molecule has 0 heterocycles. The fraction of sp³-hybridized carbons (Fsp3) is 0.143. The van der Waals surface area contributed by atoms with Crippen molar-refractivity contribution in [3.05, 3.63) is 57.3 Å². The first-order chi connectivity index (χ1) is 9.74. The molecule has 3 nitrogen and oxygen atoms in total. The lowest BCUT2D eigenvalue weighted by atomic mass is 10.2. The van der Waals surface area contributed by atoms with Gasteiger partial charge in [0.1, 0.15) is 10.7 Å². The van der Waals surface area contributed by atoms with Gasteiger partial charge in [-0.1, -0.05) is 35.3 Å². The largest absolute Gasteiger partial charge is 0.277 e. The first-order valence-electron chi connectivity index (χ1n) is 5.96. The van der Waals surface area contributed by atoms with Crippen molar-refractivity contribution < 1.29 is 12.8 Å². The number of nitrogens with one attached hydrogen (secondary N) is 1. The number of halogens is 3. The van der Waals surface area contributed by atoms with Crippen LogP contribution in [0.25, 0.3) is 0 Å². The molecule has 2 aromatic rings. The third-order valence-corrected chi connectivity index (χ3v) is 5.50. The lowest BCUT2D eigenvalue weighted by molar-refractivity contribution is 0.598. The minimum Gasteiger partial charge on any atom is -0.277 e. The average molecular weight is 348 g/mol. The zero-order valence-corrected chi connectivity index (χ0v) is 13.6. The summed E-state index contributed by atoms with van der Waals surface area (Å²) in [7, 11) is -4.05. The maximum atomic E-state index is 13.6. The van der Waals surface area contributed by atoms with E-state index < -0.39 is 15.8 Å². The van der Waals surface area contributed by atoms with Crippen molar-refractivity contribution in [3.63, 3.8) is 0 Å². The van der Waals surface area contributed by atoms with Gasteiger partial charge in [0.05, 0.1) is 10.7 Å². The Kier molecular flexibility index (Phi) is 4.46. The fourth-order valence-electron chi connectivity index (χ4n) is 1.87. The molecule has 0 aromatic heterocycles. The summed E-state index contributed by atoms with van der Waals surface area (Å²) >= 11 is 12.1. The van der Waals surface area contributed by atoms with Crippen LogP contribution in [0.15, 0.2) is 35.2 Å². The molecule has 0 saturated heterocycles. The second kappa shape index (κ2) is 5.83. The molecule has 0 aliphatic carbocycles. The Labute approximate surface area is 132 Å². The Hall–Kier alpha value is -1.30. The summed E-state index contributed by atoms with van der Waals surface area (Å²) < 4.78 is 40.8. The predicted molar refractivity (Wildman–Crippen MR) is 83.1 cm³/mol. The topological polar surface area (TPSA) is 46.2 Å². The van der Waals surface area contributed by atoms with Crippen LogP contribution in [0.2, 0.25) is 10.0 Å². The Morgan fingerprint density at radius 2 is 1.76 bits per heavy atom. The molecule has 0 atom stereocenters. The molecule has 0 unspecified atom stereocenters. The number of aryl methyl sites for hydroxylation is 1. The van der Waals surface area contributed by atoms with Gasteiger partial charge >= 0.3 is 0 Å². The van der Waals surface area contributed by atoms with Gasteiger partial charge in [0.2, 0.25) is 0 Å². The van der Waals surface area contributed by atoms with E-state index in [1.54, 1.807) is 19.9 Å². The van der Waals surface area contributed by atoms with Crippen molar-refractivity contribution in [2.75, 3.05) is 4.72 Å². The maximum absolute atomic E-state index is 13.6. The second-order valence-electron chi connectivity index (χ2n) is 4.53. The summed E-state index contributed by atoms with van der Waals surface area (Å²) in [5.41, 5.74) is 0.697. The SMILES string of the molecule is Cc1cc(Cl)c(C)c(S(=O)(=O)Nc2ccccc2F)c1Cl. The Morgan fingerprint density at radius 3 is 2.38 bits per heavy atom. The van der Waals surface area contributed by atoms with Crippen LogP contribution >= 0.6 is 23.2 Å². The van der Waals surface area contributed by atoms with Gasteiger partial charge in [-0.3, -0.25) is 4.72 Å². The smallest absolute Gasteiger partial charge is 0.263 e. The highest BCUT2D eigenvalue weighted by Gasteiger charge is 2.24. The number of hydrogen-bond donors (Lipinski definition) is 1. The maximum Gasteiger partial charge on any atom is 0.263 e. The number of para-hydroxylation sites is 1. The molecule has 112 valence electrons. The van der Waals surface area contributed by atoms with Crippen molar-refractivity contribution >= 4 is 38.9 Å². The Morgan fingerprint density at radius 1 is 1.14 bits per heavy atom. The zero-order chi connectivity index (χ0) is 15.8. The van der Waals surface area contributed by atoms with Crippen LogP contribution in [-0.2, 0) is 10.0 Å². The summed E-state index contributed by atoms with van der Waals surface area (Å²) in [6.07, 6.45) is 0. The van der Waals surface area contributed by atoms with Crippen LogP contribution < -0.4 is 4.72 Å². The van der Waals surface area contributed by atoms with E-state index in [4.69, 9.17) is 23.2 Å². The minimum absolute atomic E-state index is 0.0701. The van der Waals surface area contributed by atoms with Crippen LogP contribution in [0.3, 0.4) is 0 Å². The molecule has 7 heteroatoms. The quantitative estimate of drug-likeness (QED) is 0.885. The molecule has 0 bridgehead atoms. The normalized spacial score (nSPS) is 11.5. The number of hydrogen-bond acceptors (Lipinski definition) is 2. The molecule has 0 aliphatic heterocycles. The molecule has 0 saturated carbocycles. The standard InChI is InChI=1S/C14H12Cl2FNO2S/c1-8-7-10(15)9(2)14(13(8)16)21(19,20)18-12-6-4-3-5-11(12)17/h3-7,18H,1-2H3. The van der Waals surface area contributed by atoms with Crippen molar-refractivity contribution in [1.82, 2.24) is 0 Å². The summed E-state index contributed by atoms with van der Waals surface area (Å²) in [5, 5.41) is 0.353. The highest BCUT2D eigenvalue weighted by atomic mass is 35.5. The van der Waals surface area contributed by atoms with Gasteiger partial charge in [0.25, 0.3) is 10.0 Å². The van der Waals surface area contributed by atoms with Crippen molar-refractivity contribution in [2.45, 2.75) is 18.7 Å². The molecule has 0 fully saturated rings. The van der Waals surface area contributed by atoms with Gasteiger partial charge in [0.15, 0.2) is 0 Å². The van der Waals surface area contributed by atoms with E-state index in [1.807, 2.05) is 0 Å².